The number of nitrogens with two attached hydrogens (primary N) is 1. The Balaban J connectivity index is 0.00000408. The zero-order valence-corrected chi connectivity index (χ0v) is 21.5. The first-order valence-corrected chi connectivity index (χ1v) is 10.7. The minimum atomic E-state index is -0.347. The van der Waals surface area contributed by atoms with Crippen LogP contribution in [-0.4, -0.2) is 35.9 Å². The summed E-state index contributed by atoms with van der Waals surface area (Å²) in [7, 11) is 1.64. The number of nitrogen functional groups attached to an aromatic ring is 1. The lowest BCUT2D eigenvalue weighted by Crippen LogP contribution is -2.37. The second-order valence-electron chi connectivity index (χ2n) is 7.24. The molecule has 0 aliphatic rings. The number of benzene rings is 2. The van der Waals surface area contributed by atoms with E-state index in [2.05, 4.69) is 26.8 Å². The van der Waals surface area contributed by atoms with E-state index in [9.17, 15) is 9.65 Å². The van der Waals surface area contributed by atoms with Crippen molar-refractivity contribution in [3.05, 3.63) is 71.2 Å². The molecule has 0 atom stereocenters. The van der Waals surface area contributed by atoms with Crippen LogP contribution in [0, 0.1) is 17.1 Å². The Kier molecular flexibility index (Phi) is 10.6. The topological polar surface area (TPSA) is 113 Å². The lowest BCUT2D eigenvalue weighted by atomic mass is 10.1. The van der Waals surface area contributed by atoms with Crippen LogP contribution >= 0.6 is 24.0 Å². The number of nitrogens with one attached hydrogen (secondary N) is 2. The normalized spacial score (nSPS) is 10.8. The number of aliphatic imine (C=N–C) groups is 1. The van der Waals surface area contributed by atoms with Gasteiger partial charge in [-0.25, -0.2) is 14.1 Å². The molecule has 180 valence electrons. The number of anilines is 1. The van der Waals surface area contributed by atoms with E-state index in [1.54, 1.807) is 19.2 Å². The van der Waals surface area contributed by atoms with Gasteiger partial charge in [0.05, 0.1) is 25.0 Å². The van der Waals surface area contributed by atoms with Crippen molar-refractivity contribution in [2.24, 2.45) is 4.99 Å². The van der Waals surface area contributed by atoms with Gasteiger partial charge in [-0.1, -0.05) is 18.2 Å². The number of halogens is 2. The molecule has 0 amide bonds. The fraction of sp³-hybridized carbons (Fsp3) is 0.292. The zero-order valence-electron chi connectivity index (χ0n) is 19.2. The van der Waals surface area contributed by atoms with Crippen molar-refractivity contribution in [1.29, 1.82) is 5.26 Å². The summed E-state index contributed by atoms with van der Waals surface area (Å²) in [5, 5.41) is 20.6. The summed E-state index contributed by atoms with van der Waals surface area (Å²) in [6, 6.07) is 15.7. The quantitative estimate of drug-likeness (QED) is 0.155. The van der Waals surface area contributed by atoms with E-state index in [4.69, 9.17) is 10.5 Å². The highest BCUT2D eigenvalue weighted by Gasteiger charge is 2.16. The third kappa shape index (κ3) is 6.84. The van der Waals surface area contributed by atoms with Gasteiger partial charge in [-0.2, -0.15) is 10.4 Å². The van der Waals surface area contributed by atoms with Crippen LogP contribution in [0.4, 0.5) is 10.2 Å². The van der Waals surface area contributed by atoms with Gasteiger partial charge >= 0.3 is 0 Å². The van der Waals surface area contributed by atoms with Gasteiger partial charge in [0.15, 0.2) is 5.96 Å². The number of methoxy groups -OCH3 is 1. The largest absolute Gasteiger partial charge is 0.496 e. The van der Waals surface area contributed by atoms with Crippen molar-refractivity contribution in [3.8, 4) is 17.5 Å². The van der Waals surface area contributed by atoms with Crippen molar-refractivity contribution in [1.82, 2.24) is 20.4 Å². The van der Waals surface area contributed by atoms with Crippen molar-refractivity contribution in [2.75, 3.05) is 25.9 Å². The fourth-order valence-electron chi connectivity index (χ4n) is 3.36. The van der Waals surface area contributed by atoms with Crippen molar-refractivity contribution >= 4 is 35.8 Å². The maximum atomic E-state index is 13.2. The molecule has 10 heteroatoms. The predicted octanol–water partition coefficient (Wildman–Crippen LogP) is 3.78. The van der Waals surface area contributed by atoms with Gasteiger partial charge in [-0.3, -0.25) is 0 Å². The van der Waals surface area contributed by atoms with Crippen LogP contribution in [0.15, 0.2) is 53.5 Å². The highest BCUT2D eigenvalue weighted by Crippen LogP contribution is 2.22. The molecule has 1 heterocycles. The highest BCUT2D eigenvalue weighted by atomic mass is 127. The number of guanidine groups is 1. The third-order valence-electron chi connectivity index (χ3n) is 5.00. The Labute approximate surface area is 216 Å². The first-order chi connectivity index (χ1) is 16.1. The number of hydrogen-bond donors (Lipinski definition) is 3. The van der Waals surface area contributed by atoms with Gasteiger partial charge < -0.3 is 21.1 Å². The van der Waals surface area contributed by atoms with E-state index in [1.165, 1.54) is 16.8 Å². The van der Waals surface area contributed by atoms with Crippen molar-refractivity contribution < 1.29 is 9.13 Å². The molecule has 0 fully saturated rings. The van der Waals surface area contributed by atoms with Crippen molar-refractivity contribution in [3.63, 3.8) is 0 Å². The van der Waals surface area contributed by atoms with Crippen LogP contribution in [0.2, 0.25) is 0 Å². The van der Waals surface area contributed by atoms with E-state index >= 15 is 0 Å². The maximum Gasteiger partial charge on any atom is 0.191 e. The van der Waals surface area contributed by atoms with Gasteiger partial charge in [0, 0.05) is 18.7 Å². The number of ether oxygens (including phenoxy) is 1. The first kappa shape index (κ1) is 26.9. The van der Waals surface area contributed by atoms with Gasteiger partial charge in [0.1, 0.15) is 29.0 Å². The monoisotopic (exact) mass is 577 g/mol. The van der Waals surface area contributed by atoms with Gasteiger partial charge in [-0.05, 0) is 50.1 Å². The van der Waals surface area contributed by atoms with Crippen LogP contribution in [-0.2, 0) is 13.0 Å². The maximum absolute atomic E-state index is 13.2. The molecule has 2 aromatic carbocycles. The molecule has 4 N–H and O–H groups in total. The Morgan fingerprint density at radius 2 is 1.94 bits per heavy atom. The molecule has 1 aromatic heterocycles. The molecule has 8 nitrogen and oxygen atoms in total. The van der Waals surface area contributed by atoms with Crippen LogP contribution in [0.3, 0.4) is 0 Å². The Bertz CT molecular complexity index is 1140. The second kappa shape index (κ2) is 13.4. The standard InChI is InChI=1S/C24H28FN7O.HI/c1-3-28-24(30-16-17-7-4-5-9-22(17)33-2)29-14-6-8-21-20(15-26)23(27)32(31-21)19-12-10-18(25)11-13-19;/h4-5,7,9-13H,3,6,8,14,16,27H2,1-2H3,(H2,28,29,30);1H. The molecule has 0 spiro atoms. The minimum Gasteiger partial charge on any atom is -0.496 e. The molecule has 0 saturated heterocycles. The van der Waals surface area contributed by atoms with Gasteiger partial charge in [-0.15, -0.1) is 24.0 Å². The molecule has 0 bridgehead atoms. The summed E-state index contributed by atoms with van der Waals surface area (Å²) in [6.45, 7) is 3.85. The SMILES string of the molecule is CCNC(=NCc1ccccc1OC)NCCCc1nn(-c2ccc(F)cc2)c(N)c1C#N.I. The molecule has 3 rings (SSSR count). The fourth-order valence-corrected chi connectivity index (χ4v) is 3.36. The summed E-state index contributed by atoms with van der Waals surface area (Å²) >= 11 is 0. The van der Waals surface area contributed by atoms with Gasteiger partial charge in [0.25, 0.3) is 0 Å². The average Bonchev–Trinajstić information content (AvgIpc) is 3.15. The number of rotatable bonds is 9. The van der Waals surface area contributed by atoms with Gasteiger partial charge in [0.2, 0.25) is 0 Å². The molecule has 3 aromatic rings. The molecular formula is C24H29FIN7O. The number of para-hydroxylation sites is 1. The second-order valence-corrected chi connectivity index (χ2v) is 7.24. The lowest BCUT2D eigenvalue weighted by Gasteiger charge is -2.12. The predicted molar refractivity (Wildman–Crippen MR) is 142 cm³/mol. The van der Waals surface area contributed by atoms with Crippen LogP contribution in [0.5, 0.6) is 5.75 Å². The zero-order chi connectivity index (χ0) is 23.6. The summed E-state index contributed by atoms with van der Waals surface area (Å²) in [6.07, 6.45) is 1.27. The van der Waals surface area contributed by atoms with Crippen LogP contribution in [0.25, 0.3) is 5.69 Å². The molecule has 0 aliphatic carbocycles. The third-order valence-corrected chi connectivity index (χ3v) is 5.00. The molecule has 0 radical (unpaired) electrons. The Morgan fingerprint density at radius 3 is 2.62 bits per heavy atom. The molecular weight excluding hydrogens is 548 g/mol. The number of nitriles is 1. The molecule has 34 heavy (non-hydrogen) atoms. The van der Waals surface area contributed by atoms with E-state index < -0.39 is 0 Å². The molecule has 0 saturated carbocycles. The number of aromatic nitrogens is 2. The number of hydrogen-bond acceptors (Lipinski definition) is 5. The summed E-state index contributed by atoms with van der Waals surface area (Å²) in [5.41, 5.74) is 8.68. The van der Waals surface area contributed by atoms with E-state index in [-0.39, 0.29) is 35.6 Å². The van der Waals surface area contributed by atoms with E-state index in [1.807, 2.05) is 31.2 Å². The summed E-state index contributed by atoms with van der Waals surface area (Å²) in [4.78, 5) is 4.63. The summed E-state index contributed by atoms with van der Waals surface area (Å²) < 4.78 is 20.1. The average molecular weight is 577 g/mol. The smallest absolute Gasteiger partial charge is 0.191 e. The molecule has 0 unspecified atom stereocenters. The van der Waals surface area contributed by atoms with E-state index in [0.29, 0.717) is 48.8 Å². The van der Waals surface area contributed by atoms with E-state index in [0.717, 1.165) is 17.9 Å². The van der Waals surface area contributed by atoms with Crippen molar-refractivity contribution in [2.45, 2.75) is 26.3 Å². The first-order valence-electron chi connectivity index (χ1n) is 10.7. The lowest BCUT2D eigenvalue weighted by molar-refractivity contribution is 0.410. The number of aryl methyl sites for hydroxylation is 1. The summed E-state index contributed by atoms with van der Waals surface area (Å²) in [5.74, 6) is 1.40. The Hall–Kier alpha value is -3.33. The number of nitrogens with zero attached hydrogens (tertiary/aromatic N) is 4. The Morgan fingerprint density at radius 1 is 1.21 bits per heavy atom. The minimum absolute atomic E-state index is 0. The van der Waals surface area contributed by atoms with Crippen LogP contribution in [0.1, 0.15) is 30.2 Å². The molecule has 0 aliphatic heterocycles. The highest BCUT2D eigenvalue weighted by molar-refractivity contribution is 14.0. The van der Waals surface area contributed by atoms with Crippen LogP contribution < -0.4 is 21.1 Å².